The van der Waals surface area contributed by atoms with Crippen molar-refractivity contribution in [3.05, 3.63) is 41.6 Å². The first kappa shape index (κ1) is 13.0. The molecule has 0 aliphatic carbocycles. The smallest absolute Gasteiger partial charge is 0.143 e. The summed E-state index contributed by atoms with van der Waals surface area (Å²) in [4.78, 5) is 8.42. The number of halogens is 1. The minimum atomic E-state index is -0.367. The van der Waals surface area contributed by atoms with Gasteiger partial charge < -0.3 is 4.74 Å². The molecule has 1 aromatic carbocycles. The van der Waals surface area contributed by atoms with E-state index in [0.717, 1.165) is 5.69 Å². The third-order valence-corrected chi connectivity index (χ3v) is 2.58. The maximum atomic E-state index is 13.4. The van der Waals surface area contributed by atoms with E-state index in [9.17, 15) is 4.39 Å². The number of benzene rings is 1. The first-order valence-electron chi connectivity index (χ1n) is 5.69. The summed E-state index contributed by atoms with van der Waals surface area (Å²) in [5.74, 6) is 0.583. The van der Waals surface area contributed by atoms with Crippen LogP contribution in [0.2, 0.25) is 0 Å². The number of ether oxygens (including phenoxy) is 1. The molecule has 0 aliphatic heterocycles. The van der Waals surface area contributed by atoms with Crippen LogP contribution < -0.4 is 4.74 Å². The van der Waals surface area contributed by atoms with Gasteiger partial charge in [0.25, 0.3) is 0 Å². The average Bonchev–Trinajstić information content (AvgIpc) is 2.38. The number of nitriles is 1. The fraction of sp³-hybridized carbons (Fsp3) is 0.214. The number of aryl methyl sites for hydroxylation is 1. The molecule has 0 amide bonds. The van der Waals surface area contributed by atoms with Crippen molar-refractivity contribution in [2.75, 3.05) is 7.11 Å². The summed E-state index contributed by atoms with van der Waals surface area (Å²) in [5, 5.41) is 8.70. The van der Waals surface area contributed by atoms with Crippen LogP contribution >= 0.6 is 0 Å². The highest BCUT2D eigenvalue weighted by molar-refractivity contribution is 5.67. The van der Waals surface area contributed by atoms with Crippen molar-refractivity contribution < 1.29 is 9.13 Å². The summed E-state index contributed by atoms with van der Waals surface area (Å²) in [6.45, 7) is 1.80. The van der Waals surface area contributed by atoms with Crippen molar-refractivity contribution in [3.63, 3.8) is 0 Å². The van der Waals surface area contributed by atoms with E-state index in [1.807, 2.05) is 6.07 Å². The lowest BCUT2D eigenvalue weighted by Crippen LogP contribution is -1.99. The third-order valence-electron chi connectivity index (χ3n) is 2.58. The molecule has 0 saturated carbocycles. The molecule has 0 saturated heterocycles. The van der Waals surface area contributed by atoms with Gasteiger partial charge in [-0.05, 0) is 31.2 Å². The van der Waals surface area contributed by atoms with Crippen LogP contribution in [0.4, 0.5) is 4.39 Å². The molecule has 0 aliphatic rings. The van der Waals surface area contributed by atoms with Gasteiger partial charge in [0, 0.05) is 11.3 Å². The topological polar surface area (TPSA) is 58.8 Å². The Balaban J connectivity index is 2.58. The van der Waals surface area contributed by atoms with Gasteiger partial charge in [0.1, 0.15) is 17.4 Å². The fourth-order valence-electron chi connectivity index (χ4n) is 1.80. The van der Waals surface area contributed by atoms with Crippen LogP contribution in [0.15, 0.2) is 24.3 Å². The zero-order valence-corrected chi connectivity index (χ0v) is 10.6. The Hall–Kier alpha value is -2.48. The Bertz CT molecular complexity index is 650. The molecule has 0 N–H and O–H groups in total. The molecule has 2 rings (SSSR count). The van der Waals surface area contributed by atoms with Crippen molar-refractivity contribution in [3.8, 4) is 23.1 Å². The SMILES string of the molecule is COc1ccc(F)cc1-c1cc(C)nc(CC#N)n1. The van der Waals surface area contributed by atoms with Crippen molar-refractivity contribution in [1.29, 1.82) is 5.26 Å². The van der Waals surface area contributed by atoms with Gasteiger partial charge in [0.05, 0.1) is 25.3 Å². The van der Waals surface area contributed by atoms with Gasteiger partial charge in [-0.3, -0.25) is 0 Å². The molecule has 5 heteroatoms. The second-order valence-electron chi connectivity index (χ2n) is 3.99. The molecule has 2 aromatic rings. The number of hydrogen-bond acceptors (Lipinski definition) is 4. The summed E-state index contributed by atoms with van der Waals surface area (Å²) < 4.78 is 18.6. The number of nitrogens with zero attached hydrogens (tertiary/aromatic N) is 3. The minimum absolute atomic E-state index is 0.117. The molecule has 96 valence electrons. The Labute approximate surface area is 110 Å². The van der Waals surface area contributed by atoms with Crippen molar-refractivity contribution in [1.82, 2.24) is 9.97 Å². The molecule has 4 nitrogen and oxygen atoms in total. The van der Waals surface area contributed by atoms with Crippen LogP contribution in [0.5, 0.6) is 5.75 Å². The fourth-order valence-corrected chi connectivity index (χ4v) is 1.80. The van der Waals surface area contributed by atoms with E-state index < -0.39 is 0 Å². The van der Waals surface area contributed by atoms with E-state index in [1.165, 1.54) is 19.2 Å². The second-order valence-corrected chi connectivity index (χ2v) is 3.99. The van der Waals surface area contributed by atoms with Gasteiger partial charge in [-0.25, -0.2) is 14.4 Å². The van der Waals surface area contributed by atoms with Crippen LogP contribution in [0, 0.1) is 24.1 Å². The van der Waals surface area contributed by atoms with E-state index >= 15 is 0 Å². The molecule has 0 radical (unpaired) electrons. The zero-order valence-electron chi connectivity index (χ0n) is 10.6. The van der Waals surface area contributed by atoms with Gasteiger partial charge in [0.15, 0.2) is 0 Å². The van der Waals surface area contributed by atoms with Crippen molar-refractivity contribution in [2.24, 2.45) is 0 Å². The lowest BCUT2D eigenvalue weighted by Gasteiger charge is -2.09. The van der Waals surface area contributed by atoms with Gasteiger partial charge >= 0.3 is 0 Å². The minimum Gasteiger partial charge on any atom is -0.496 e. The molecule has 1 heterocycles. The number of rotatable bonds is 3. The quantitative estimate of drug-likeness (QED) is 0.848. The second kappa shape index (κ2) is 5.44. The molecule has 19 heavy (non-hydrogen) atoms. The van der Waals surface area contributed by atoms with Crippen LogP contribution in [0.3, 0.4) is 0 Å². The highest BCUT2D eigenvalue weighted by Gasteiger charge is 2.11. The molecular weight excluding hydrogens is 245 g/mol. The predicted molar refractivity (Wildman–Crippen MR) is 68.0 cm³/mol. The van der Waals surface area contributed by atoms with Crippen LogP contribution in [-0.4, -0.2) is 17.1 Å². The summed E-state index contributed by atoms with van der Waals surface area (Å²) in [7, 11) is 1.51. The number of methoxy groups -OCH3 is 1. The van der Waals surface area contributed by atoms with E-state index in [1.54, 1.807) is 19.1 Å². The van der Waals surface area contributed by atoms with Gasteiger partial charge in [-0.1, -0.05) is 0 Å². The Kier molecular flexibility index (Phi) is 3.71. The molecule has 0 bridgehead atoms. The summed E-state index contributed by atoms with van der Waals surface area (Å²) in [5.41, 5.74) is 1.82. The third kappa shape index (κ3) is 2.86. The van der Waals surface area contributed by atoms with Gasteiger partial charge in [-0.15, -0.1) is 0 Å². The Morgan fingerprint density at radius 2 is 2.11 bits per heavy atom. The Morgan fingerprint density at radius 1 is 1.32 bits per heavy atom. The standard InChI is InChI=1S/C14H12FN3O/c1-9-7-12(18-14(17-9)5-6-16)11-8-10(15)3-4-13(11)19-2/h3-4,7-8H,5H2,1-2H3. The summed E-state index contributed by atoms with van der Waals surface area (Å²) >= 11 is 0. The lowest BCUT2D eigenvalue weighted by molar-refractivity contribution is 0.415. The number of hydrogen-bond donors (Lipinski definition) is 0. The summed E-state index contributed by atoms with van der Waals surface area (Å²) in [6.07, 6.45) is 0.117. The molecule has 0 fully saturated rings. The highest BCUT2D eigenvalue weighted by Crippen LogP contribution is 2.29. The maximum Gasteiger partial charge on any atom is 0.143 e. The highest BCUT2D eigenvalue weighted by atomic mass is 19.1. The molecule has 1 aromatic heterocycles. The largest absolute Gasteiger partial charge is 0.496 e. The first-order valence-corrected chi connectivity index (χ1v) is 5.69. The molecule has 0 atom stereocenters. The predicted octanol–water partition coefficient (Wildman–Crippen LogP) is 2.67. The summed E-state index contributed by atoms with van der Waals surface area (Å²) in [6, 6.07) is 7.97. The van der Waals surface area contributed by atoms with Crippen LogP contribution in [0.1, 0.15) is 11.5 Å². The van der Waals surface area contributed by atoms with E-state index in [2.05, 4.69) is 9.97 Å². The molecule has 0 unspecified atom stereocenters. The van der Waals surface area contributed by atoms with Gasteiger partial charge in [0.2, 0.25) is 0 Å². The van der Waals surface area contributed by atoms with E-state index in [-0.39, 0.29) is 12.2 Å². The maximum absolute atomic E-state index is 13.4. The zero-order chi connectivity index (χ0) is 13.8. The monoisotopic (exact) mass is 257 g/mol. The molecular formula is C14H12FN3O. The van der Waals surface area contributed by atoms with E-state index in [4.69, 9.17) is 10.00 Å². The number of aromatic nitrogens is 2. The average molecular weight is 257 g/mol. The van der Waals surface area contributed by atoms with Gasteiger partial charge in [-0.2, -0.15) is 5.26 Å². The van der Waals surface area contributed by atoms with E-state index in [0.29, 0.717) is 22.8 Å². The van der Waals surface area contributed by atoms with Crippen LogP contribution in [0.25, 0.3) is 11.3 Å². The van der Waals surface area contributed by atoms with Crippen LogP contribution in [-0.2, 0) is 6.42 Å². The normalized spacial score (nSPS) is 10.0. The molecule has 0 spiro atoms. The lowest BCUT2D eigenvalue weighted by atomic mass is 10.1. The van der Waals surface area contributed by atoms with Crippen molar-refractivity contribution in [2.45, 2.75) is 13.3 Å². The first-order chi connectivity index (χ1) is 9.13. The Morgan fingerprint density at radius 3 is 2.79 bits per heavy atom. The van der Waals surface area contributed by atoms with Crippen molar-refractivity contribution >= 4 is 0 Å².